The Balaban J connectivity index is 2.82. The number of carbonyl (C=O) groups is 1. The molecule has 2 atom stereocenters. The van der Waals surface area contributed by atoms with Gasteiger partial charge in [-0.2, -0.15) is 0 Å². The van der Waals surface area contributed by atoms with E-state index in [-0.39, 0.29) is 5.91 Å². The second kappa shape index (κ2) is 4.97. The van der Waals surface area contributed by atoms with E-state index in [1.807, 2.05) is 0 Å². The van der Waals surface area contributed by atoms with Gasteiger partial charge in [-0.15, -0.1) is 0 Å². The first-order valence-electron chi connectivity index (χ1n) is 6.74. The number of nitrogens with one attached hydrogen (secondary N) is 1. The van der Waals surface area contributed by atoms with Crippen LogP contribution in [0.3, 0.4) is 0 Å². The SMILES string of the molecule is CC(C)CNC1(C(N)=O)CCC(C)(C)CC1C. The summed E-state index contributed by atoms with van der Waals surface area (Å²) in [5.41, 5.74) is 5.51. The highest BCUT2D eigenvalue weighted by molar-refractivity contribution is 5.85. The molecule has 3 N–H and O–H groups in total. The van der Waals surface area contributed by atoms with Gasteiger partial charge in [0.25, 0.3) is 0 Å². The van der Waals surface area contributed by atoms with Crippen LogP contribution in [-0.4, -0.2) is 18.0 Å². The Morgan fingerprint density at radius 2 is 2.00 bits per heavy atom. The number of rotatable bonds is 4. The van der Waals surface area contributed by atoms with Gasteiger partial charge in [0.15, 0.2) is 0 Å². The van der Waals surface area contributed by atoms with Crippen LogP contribution in [0.1, 0.15) is 53.9 Å². The van der Waals surface area contributed by atoms with Crippen molar-refractivity contribution in [2.75, 3.05) is 6.54 Å². The Hall–Kier alpha value is -0.570. The molecule has 17 heavy (non-hydrogen) atoms. The molecule has 1 aliphatic carbocycles. The van der Waals surface area contributed by atoms with Crippen LogP contribution in [0, 0.1) is 17.3 Å². The van der Waals surface area contributed by atoms with Crippen molar-refractivity contribution in [1.82, 2.24) is 5.32 Å². The number of hydrogen-bond acceptors (Lipinski definition) is 2. The van der Waals surface area contributed by atoms with E-state index < -0.39 is 5.54 Å². The Labute approximate surface area is 106 Å². The second-order valence-electron chi connectivity index (χ2n) is 6.88. The normalized spacial score (nSPS) is 32.7. The summed E-state index contributed by atoms with van der Waals surface area (Å²) in [5.74, 6) is 0.664. The molecule has 3 heteroatoms. The van der Waals surface area contributed by atoms with Crippen molar-refractivity contribution < 1.29 is 4.79 Å². The maximum Gasteiger partial charge on any atom is 0.238 e. The zero-order valence-corrected chi connectivity index (χ0v) is 12.0. The minimum absolute atomic E-state index is 0.179. The maximum absolute atomic E-state index is 11.9. The van der Waals surface area contributed by atoms with Gasteiger partial charge in [-0.25, -0.2) is 0 Å². The molecular formula is C14H28N2O. The summed E-state index contributed by atoms with van der Waals surface area (Å²) in [6, 6.07) is 0. The van der Waals surface area contributed by atoms with Gasteiger partial charge in [-0.1, -0.05) is 34.6 Å². The van der Waals surface area contributed by atoms with E-state index in [2.05, 4.69) is 39.9 Å². The summed E-state index contributed by atoms with van der Waals surface area (Å²) < 4.78 is 0. The molecule has 0 radical (unpaired) electrons. The summed E-state index contributed by atoms with van der Waals surface area (Å²) in [4.78, 5) is 11.9. The third-order valence-corrected chi connectivity index (χ3v) is 4.16. The molecule has 0 aliphatic heterocycles. The van der Waals surface area contributed by atoms with Crippen LogP contribution in [0.4, 0.5) is 0 Å². The Kier molecular flexibility index (Phi) is 4.23. The lowest BCUT2D eigenvalue weighted by Crippen LogP contribution is -2.63. The van der Waals surface area contributed by atoms with Crippen molar-refractivity contribution in [3.05, 3.63) is 0 Å². The first-order chi connectivity index (χ1) is 7.69. The van der Waals surface area contributed by atoms with Gasteiger partial charge >= 0.3 is 0 Å². The molecule has 3 nitrogen and oxygen atoms in total. The zero-order chi connectivity index (χ0) is 13.3. The van der Waals surface area contributed by atoms with Crippen molar-refractivity contribution in [3.63, 3.8) is 0 Å². The molecule has 0 aromatic carbocycles. The predicted octanol–water partition coefficient (Wildman–Crippen LogP) is 2.30. The lowest BCUT2D eigenvalue weighted by molar-refractivity contribution is -0.129. The molecule has 0 heterocycles. The summed E-state index contributed by atoms with van der Waals surface area (Å²) in [5, 5.41) is 3.45. The third kappa shape index (κ3) is 3.21. The summed E-state index contributed by atoms with van der Waals surface area (Å²) in [6.07, 6.45) is 2.98. The molecule has 100 valence electrons. The number of carbonyl (C=O) groups excluding carboxylic acids is 1. The first kappa shape index (κ1) is 14.5. The van der Waals surface area contributed by atoms with Crippen LogP contribution < -0.4 is 11.1 Å². The van der Waals surface area contributed by atoms with E-state index in [0.29, 0.717) is 17.3 Å². The van der Waals surface area contributed by atoms with Crippen LogP contribution >= 0.6 is 0 Å². The van der Waals surface area contributed by atoms with Crippen LogP contribution in [0.2, 0.25) is 0 Å². The van der Waals surface area contributed by atoms with Gasteiger partial charge in [0.2, 0.25) is 5.91 Å². The highest BCUT2D eigenvalue weighted by atomic mass is 16.1. The van der Waals surface area contributed by atoms with Crippen molar-refractivity contribution in [2.45, 2.75) is 59.4 Å². The lowest BCUT2D eigenvalue weighted by Gasteiger charge is -2.47. The van der Waals surface area contributed by atoms with Crippen molar-refractivity contribution >= 4 is 5.91 Å². The smallest absolute Gasteiger partial charge is 0.238 e. The van der Waals surface area contributed by atoms with E-state index in [9.17, 15) is 4.79 Å². The number of nitrogens with two attached hydrogens (primary N) is 1. The molecule has 0 saturated heterocycles. The number of primary amides is 1. The quantitative estimate of drug-likeness (QED) is 0.792. The molecule has 1 aliphatic rings. The van der Waals surface area contributed by atoms with Crippen molar-refractivity contribution in [3.8, 4) is 0 Å². The summed E-state index contributed by atoms with van der Waals surface area (Å²) in [6.45, 7) is 11.9. The maximum atomic E-state index is 11.9. The average molecular weight is 240 g/mol. The molecule has 1 rings (SSSR count). The predicted molar refractivity (Wildman–Crippen MR) is 71.6 cm³/mol. The molecule has 1 amide bonds. The topological polar surface area (TPSA) is 55.1 Å². The second-order valence-corrected chi connectivity index (χ2v) is 6.88. The van der Waals surface area contributed by atoms with E-state index in [1.54, 1.807) is 0 Å². The molecule has 0 bridgehead atoms. The number of amides is 1. The fraction of sp³-hybridized carbons (Fsp3) is 0.929. The van der Waals surface area contributed by atoms with E-state index in [1.165, 1.54) is 0 Å². The third-order valence-electron chi connectivity index (χ3n) is 4.16. The zero-order valence-electron chi connectivity index (χ0n) is 12.0. The number of hydrogen-bond donors (Lipinski definition) is 2. The van der Waals surface area contributed by atoms with E-state index >= 15 is 0 Å². The van der Waals surface area contributed by atoms with Gasteiger partial charge in [-0.3, -0.25) is 4.79 Å². The van der Waals surface area contributed by atoms with Crippen LogP contribution in [0.5, 0.6) is 0 Å². The fourth-order valence-corrected chi connectivity index (χ4v) is 2.99. The largest absolute Gasteiger partial charge is 0.368 e. The van der Waals surface area contributed by atoms with Crippen LogP contribution in [0.25, 0.3) is 0 Å². The summed E-state index contributed by atoms with van der Waals surface area (Å²) >= 11 is 0. The summed E-state index contributed by atoms with van der Waals surface area (Å²) in [7, 11) is 0. The first-order valence-corrected chi connectivity index (χ1v) is 6.74. The standard InChI is InChI=1S/C14H28N2O/c1-10(2)9-16-14(12(15)17)7-6-13(4,5)8-11(14)3/h10-11,16H,6-9H2,1-5H3,(H2,15,17). The molecular weight excluding hydrogens is 212 g/mol. The average Bonchev–Trinajstić information content (AvgIpc) is 2.15. The van der Waals surface area contributed by atoms with Crippen molar-refractivity contribution in [1.29, 1.82) is 0 Å². The molecule has 0 aromatic heterocycles. The van der Waals surface area contributed by atoms with E-state index in [0.717, 1.165) is 25.8 Å². The Bertz CT molecular complexity index is 282. The highest BCUT2D eigenvalue weighted by Gasteiger charge is 2.47. The Morgan fingerprint density at radius 3 is 2.41 bits per heavy atom. The van der Waals surface area contributed by atoms with Crippen molar-refractivity contribution in [2.24, 2.45) is 23.0 Å². The lowest BCUT2D eigenvalue weighted by atomic mass is 9.63. The minimum atomic E-state index is -0.486. The van der Waals surface area contributed by atoms with Gasteiger partial charge in [0.05, 0.1) is 0 Å². The van der Waals surface area contributed by atoms with Crippen LogP contribution in [-0.2, 0) is 4.79 Å². The fourth-order valence-electron chi connectivity index (χ4n) is 2.99. The van der Waals surface area contributed by atoms with Gasteiger partial charge in [-0.05, 0) is 43.1 Å². The van der Waals surface area contributed by atoms with Crippen LogP contribution in [0.15, 0.2) is 0 Å². The molecule has 1 saturated carbocycles. The Morgan fingerprint density at radius 1 is 1.41 bits per heavy atom. The monoisotopic (exact) mass is 240 g/mol. The molecule has 0 aromatic rings. The van der Waals surface area contributed by atoms with Gasteiger partial charge < -0.3 is 11.1 Å². The molecule has 0 spiro atoms. The minimum Gasteiger partial charge on any atom is -0.368 e. The van der Waals surface area contributed by atoms with E-state index in [4.69, 9.17) is 5.73 Å². The highest BCUT2D eigenvalue weighted by Crippen LogP contribution is 2.43. The molecule has 1 fully saturated rings. The van der Waals surface area contributed by atoms with Gasteiger partial charge in [0.1, 0.15) is 5.54 Å². The molecule has 2 unspecified atom stereocenters. The van der Waals surface area contributed by atoms with Gasteiger partial charge in [0, 0.05) is 0 Å².